The van der Waals surface area contributed by atoms with Crippen molar-refractivity contribution in [1.29, 1.82) is 0 Å². The van der Waals surface area contributed by atoms with Crippen LogP contribution < -0.4 is 5.32 Å². The average molecular weight is 384 g/mol. The molecule has 0 bridgehead atoms. The van der Waals surface area contributed by atoms with Crippen LogP contribution in [0, 0.1) is 0 Å². The van der Waals surface area contributed by atoms with Gasteiger partial charge in [-0.15, -0.1) is 0 Å². The number of ether oxygens (including phenoxy) is 1. The number of halogens is 1. The summed E-state index contributed by atoms with van der Waals surface area (Å²) in [6, 6.07) is 0.317. The minimum absolute atomic E-state index is 0.0595. The summed E-state index contributed by atoms with van der Waals surface area (Å²) >= 11 is 6.10. The summed E-state index contributed by atoms with van der Waals surface area (Å²) in [7, 11) is 0. The predicted octanol–water partition coefficient (Wildman–Crippen LogP) is 0.836. The summed E-state index contributed by atoms with van der Waals surface area (Å²) < 4.78 is 7.08. The highest BCUT2D eigenvalue weighted by Crippen LogP contribution is 2.33. The molecule has 0 aromatic carbocycles. The van der Waals surface area contributed by atoms with E-state index >= 15 is 0 Å². The molecule has 1 aliphatic carbocycles. The maximum atomic E-state index is 10.3. The van der Waals surface area contributed by atoms with E-state index in [1.807, 2.05) is 0 Å². The number of hydrogen-bond acceptors (Lipinski definition) is 8. The smallest absolute Gasteiger partial charge is 0.226 e. The molecular weight excluding hydrogens is 362 g/mol. The summed E-state index contributed by atoms with van der Waals surface area (Å²) in [6.45, 7) is -0.397. The topological polar surface area (TPSA) is 126 Å². The number of rotatable bonds is 4. The molecule has 2 aromatic rings. The molecule has 0 amide bonds. The highest BCUT2D eigenvalue weighted by atomic mass is 35.5. The number of anilines is 1. The first-order chi connectivity index (χ1) is 12.6. The first kappa shape index (κ1) is 17.9. The highest BCUT2D eigenvalue weighted by molar-refractivity contribution is 6.28. The molecule has 1 aliphatic heterocycles. The Kier molecular flexibility index (Phi) is 4.98. The van der Waals surface area contributed by atoms with Gasteiger partial charge in [0.05, 0.1) is 12.9 Å². The van der Waals surface area contributed by atoms with Gasteiger partial charge in [-0.2, -0.15) is 9.97 Å². The molecule has 4 N–H and O–H groups in total. The molecule has 9 nitrogen and oxygen atoms in total. The zero-order chi connectivity index (χ0) is 18.3. The molecule has 3 heterocycles. The second kappa shape index (κ2) is 7.24. The van der Waals surface area contributed by atoms with Gasteiger partial charge in [-0.1, -0.05) is 19.3 Å². The molecule has 26 heavy (non-hydrogen) atoms. The summed E-state index contributed by atoms with van der Waals surface area (Å²) in [5, 5.41) is 33.0. The number of aromatic nitrogens is 4. The Morgan fingerprint density at radius 1 is 1.19 bits per heavy atom. The van der Waals surface area contributed by atoms with Crippen LogP contribution in [-0.4, -0.2) is 65.8 Å². The molecule has 4 rings (SSSR count). The van der Waals surface area contributed by atoms with Gasteiger partial charge in [-0.25, -0.2) is 4.98 Å². The van der Waals surface area contributed by atoms with Crippen LogP contribution in [0.4, 0.5) is 5.82 Å². The van der Waals surface area contributed by atoms with Gasteiger partial charge in [0.25, 0.3) is 0 Å². The molecule has 1 saturated heterocycles. The zero-order valence-corrected chi connectivity index (χ0v) is 14.9. The monoisotopic (exact) mass is 383 g/mol. The standard InChI is InChI=1S/C16H22ClN5O4/c17-16-20-13(19-8-4-2-1-3-5-8)10-14(21-16)22(7-18-10)15-12(25)11(24)9(6-23)26-15/h7-9,11-12,15,23-25H,1-6H2,(H,19,20,21)/t9-,11-,12-,15-/m1/s1. The average Bonchev–Trinajstić information content (AvgIpc) is 3.17. The maximum Gasteiger partial charge on any atom is 0.226 e. The fraction of sp³-hybridized carbons (Fsp3) is 0.688. The molecule has 0 radical (unpaired) electrons. The molecule has 4 atom stereocenters. The molecule has 2 fully saturated rings. The van der Waals surface area contributed by atoms with E-state index in [4.69, 9.17) is 16.3 Å². The molecule has 0 unspecified atom stereocenters. The van der Waals surface area contributed by atoms with Crippen molar-refractivity contribution in [2.75, 3.05) is 11.9 Å². The number of nitrogens with one attached hydrogen (secondary N) is 1. The summed E-state index contributed by atoms with van der Waals surface area (Å²) in [5.74, 6) is 0.553. The Morgan fingerprint density at radius 2 is 1.96 bits per heavy atom. The molecule has 0 spiro atoms. The lowest BCUT2D eigenvalue weighted by Gasteiger charge is -2.23. The van der Waals surface area contributed by atoms with Crippen molar-refractivity contribution >= 4 is 28.6 Å². The Balaban J connectivity index is 1.67. The highest BCUT2D eigenvalue weighted by Gasteiger charge is 2.44. The summed E-state index contributed by atoms with van der Waals surface area (Å²) in [6.07, 6.45) is 3.02. The van der Waals surface area contributed by atoms with Crippen LogP contribution in [0.15, 0.2) is 6.33 Å². The number of aliphatic hydroxyl groups is 3. The quantitative estimate of drug-likeness (QED) is 0.572. The van der Waals surface area contributed by atoms with E-state index in [2.05, 4.69) is 20.3 Å². The molecular formula is C16H22ClN5O4. The first-order valence-electron chi connectivity index (χ1n) is 8.87. The summed E-state index contributed by atoms with van der Waals surface area (Å²) in [4.78, 5) is 12.9. The fourth-order valence-corrected chi connectivity index (χ4v) is 3.89. The minimum atomic E-state index is -1.21. The van der Waals surface area contributed by atoms with E-state index < -0.39 is 31.1 Å². The van der Waals surface area contributed by atoms with Crippen LogP contribution in [0.1, 0.15) is 38.3 Å². The second-order valence-corrected chi connectivity index (χ2v) is 7.21. The van der Waals surface area contributed by atoms with E-state index in [9.17, 15) is 15.3 Å². The fourth-order valence-electron chi connectivity index (χ4n) is 3.73. The third-order valence-electron chi connectivity index (χ3n) is 5.13. The van der Waals surface area contributed by atoms with Gasteiger partial charge in [-0.3, -0.25) is 4.57 Å². The minimum Gasteiger partial charge on any atom is -0.394 e. The zero-order valence-electron chi connectivity index (χ0n) is 14.1. The van der Waals surface area contributed by atoms with Crippen molar-refractivity contribution in [1.82, 2.24) is 19.5 Å². The number of fused-ring (bicyclic) bond motifs is 1. The van der Waals surface area contributed by atoms with Crippen molar-refractivity contribution in [3.8, 4) is 0 Å². The van der Waals surface area contributed by atoms with Crippen molar-refractivity contribution in [3.63, 3.8) is 0 Å². The lowest BCUT2D eigenvalue weighted by molar-refractivity contribution is -0.0511. The second-order valence-electron chi connectivity index (χ2n) is 6.87. The Labute approximate surface area is 155 Å². The molecule has 2 aromatic heterocycles. The van der Waals surface area contributed by atoms with Gasteiger partial charge in [-0.05, 0) is 24.4 Å². The first-order valence-corrected chi connectivity index (χ1v) is 9.25. The lowest BCUT2D eigenvalue weighted by Crippen LogP contribution is -2.33. The lowest BCUT2D eigenvalue weighted by atomic mass is 9.95. The normalized spacial score (nSPS) is 30.2. The van der Waals surface area contributed by atoms with Crippen molar-refractivity contribution in [2.45, 2.75) is 62.7 Å². The maximum absolute atomic E-state index is 10.3. The third kappa shape index (κ3) is 3.14. The Bertz CT molecular complexity index is 781. The largest absolute Gasteiger partial charge is 0.394 e. The Morgan fingerprint density at radius 3 is 2.65 bits per heavy atom. The van der Waals surface area contributed by atoms with Crippen LogP contribution >= 0.6 is 11.6 Å². The SMILES string of the molecule is OC[C@H]1O[C@@H](n2cnc3c(NC4CCCCC4)nc(Cl)nc32)[C@H](O)[C@@H]1O. The van der Waals surface area contributed by atoms with Gasteiger partial charge in [0.2, 0.25) is 5.28 Å². The third-order valence-corrected chi connectivity index (χ3v) is 5.30. The van der Waals surface area contributed by atoms with Gasteiger partial charge >= 0.3 is 0 Å². The number of aliphatic hydroxyl groups excluding tert-OH is 3. The van der Waals surface area contributed by atoms with Crippen LogP contribution in [0.2, 0.25) is 5.28 Å². The molecule has 1 saturated carbocycles. The number of hydrogen-bond donors (Lipinski definition) is 4. The van der Waals surface area contributed by atoms with Crippen LogP contribution in [-0.2, 0) is 4.74 Å². The predicted molar refractivity (Wildman–Crippen MR) is 93.8 cm³/mol. The van der Waals surface area contributed by atoms with Crippen molar-refractivity contribution in [3.05, 3.63) is 11.6 Å². The van der Waals surface area contributed by atoms with Gasteiger partial charge in [0.15, 0.2) is 23.2 Å². The molecule has 142 valence electrons. The molecule has 10 heteroatoms. The summed E-state index contributed by atoms with van der Waals surface area (Å²) in [5.41, 5.74) is 0.927. The van der Waals surface area contributed by atoms with E-state index in [1.54, 1.807) is 0 Å². The molecule has 2 aliphatic rings. The number of imidazole rings is 1. The van der Waals surface area contributed by atoms with E-state index in [1.165, 1.54) is 30.2 Å². The van der Waals surface area contributed by atoms with E-state index in [0.717, 1.165) is 12.8 Å². The van der Waals surface area contributed by atoms with Crippen LogP contribution in [0.3, 0.4) is 0 Å². The van der Waals surface area contributed by atoms with Crippen molar-refractivity contribution < 1.29 is 20.1 Å². The van der Waals surface area contributed by atoms with Crippen molar-refractivity contribution in [2.24, 2.45) is 0 Å². The van der Waals surface area contributed by atoms with E-state index in [0.29, 0.717) is 23.0 Å². The van der Waals surface area contributed by atoms with Crippen LogP contribution in [0.25, 0.3) is 11.2 Å². The van der Waals surface area contributed by atoms with Crippen LogP contribution in [0.5, 0.6) is 0 Å². The van der Waals surface area contributed by atoms with Gasteiger partial charge in [0.1, 0.15) is 18.3 Å². The van der Waals surface area contributed by atoms with Gasteiger partial charge in [0, 0.05) is 6.04 Å². The van der Waals surface area contributed by atoms with Gasteiger partial charge < -0.3 is 25.4 Å². The van der Waals surface area contributed by atoms with E-state index in [-0.39, 0.29) is 5.28 Å². The number of nitrogens with zero attached hydrogens (tertiary/aromatic N) is 4. The Hall–Kier alpha value is -1.52.